The van der Waals surface area contributed by atoms with Crippen LogP contribution in [0.4, 0.5) is 17.5 Å². The zero-order chi connectivity index (χ0) is 25.9. The van der Waals surface area contributed by atoms with Gasteiger partial charge in [0.05, 0.1) is 0 Å². The van der Waals surface area contributed by atoms with E-state index in [0.717, 1.165) is 44.5 Å². The number of likely N-dealkylation sites (tertiary alicyclic amines) is 1. The SMILES string of the molecule is C=CC(=O)N[C@@H]1CCCN(c2nnc(C(N)=O)c(Nc3ccc(C4(C)CCN(C)CC4)cc3)n2)[C@@H]1C. The van der Waals surface area contributed by atoms with Crippen molar-refractivity contribution in [3.63, 3.8) is 0 Å². The van der Waals surface area contributed by atoms with Crippen molar-refractivity contribution in [1.29, 1.82) is 0 Å². The van der Waals surface area contributed by atoms with Gasteiger partial charge in [-0.2, -0.15) is 4.98 Å². The van der Waals surface area contributed by atoms with E-state index in [9.17, 15) is 9.59 Å². The lowest BCUT2D eigenvalue weighted by molar-refractivity contribution is -0.117. The summed E-state index contributed by atoms with van der Waals surface area (Å²) in [7, 11) is 2.16. The third kappa shape index (κ3) is 5.48. The van der Waals surface area contributed by atoms with E-state index in [1.807, 2.05) is 24.0 Å². The molecule has 36 heavy (non-hydrogen) atoms. The molecule has 4 rings (SSSR count). The van der Waals surface area contributed by atoms with Gasteiger partial charge in [0.15, 0.2) is 11.5 Å². The smallest absolute Gasteiger partial charge is 0.273 e. The van der Waals surface area contributed by atoms with Gasteiger partial charge in [-0.3, -0.25) is 9.59 Å². The Morgan fingerprint density at radius 2 is 1.86 bits per heavy atom. The molecule has 0 saturated carbocycles. The van der Waals surface area contributed by atoms with Gasteiger partial charge in [0.2, 0.25) is 11.9 Å². The maximum atomic E-state index is 12.1. The largest absolute Gasteiger partial charge is 0.364 e. The molecule has 10 heteroatoms. The Labute approximate surface area is 212 Å². The molecular weight excluding hydrogens is 456 g/mol. The molecule has 3 heterocycles. The Kier molecular flexibility index (Phi) is 7.53. The van der Waals surface area contributed by atoms with Crippen molar-refractivity contribution >= 4 is 29.3 Å². The number of nitrogens with one attached hydrogen (secondary N) is 2. The van der Waals surface area contributed by atoms with E-state index in [1.54, 1.807) is 0 Å². The number of nitrogens with two attached hydrogens (primary N) is 1. The minimum absolute atomic E-state index is 0.0220. The van der Waals surface area contributed by atoms with Gasteiger partial charge in [-0.25, -0.2) is 0 Å². The third-order valence-corrected chi connectivity index (χ3v) is 7.60. The number of primary amides is 1. The molecule has 2 fully saturated rings. The normalized spacial score (nSPS) is 22.0. The van der Waals surface area contributed by atoms with Crippen LogP contribution in [-0.4, -0.2) is 70.7 Å². The van der Waals surface area contributed by atoms with Gasteiger partial charge < -0.3 is 26.2 Å². The predicted molar refractivity (Wildman–Crippen MR) is 140 cm³/mol. The molecule has 0 radical (unpaired) electrons. The van der Waals surface area contributed by atoms with Gasteiger partial charge in [0, 0.05) is 24.3 Å². The second-order valence-electron chi connectivity index (χ2n) is 10.1. The second-order valence-corrected chi connectivity index (χ2v) is 10.1. The summed E-state index contributed by atoms with van der Waals surface area (Å²) in [4.78, 5) is 32.9. The quantitative estimate of drug-likeness (QED) is 0.503. The van der Waals surface area contributed by atoms with Gasteiger partial charge in [0.1, 0.15) is 0 Å². The lowest BCUT2D eigenvalue weighted by Gasteiger charge is -2.39. The summed E-state index contributed by atoms with van der Waals surface area (Å²) in [6, 6.07) is 8.12. The van der Waals surface area contributed by atoms with Crippen LogP contribution in [0.15, 0.2) is 36.9 Å². The lowest BCUT2D eigenvalue weighted by Crippen LogP contribution is -2.54. The number of nitrogens with zero attached hydrogens (tertiary/aromatic N) is 5. The summed E-state index contributed by atoms with van der Waals surface area (Å²) in [6.07, 6.45) is 5.20. The van der Waals surface area contributed by atoms with Crippen LogP contribution in [0.1, 0.15) is 55.6 Å². The summed E-state index contributed by atoms with van der Waals surface area (Å²) in [5.41, 5.74) is 7.78. The lowest BCUT2D eigenvalue weighted by atomic mass is 9.74. The predicted octanol–water partition coefficient (Wildman–Crippen LogP) is 2.36. The van der Waals surface area contributed by atoms with E-state index < -0.39 is 5.91 Å². The van der Waals surface area contributed by atoms with Crippen molar-refractivity contribution in [3.8, 4) is 0 Å². The Bertz CT molecular complexity index is 1110. The maximum absolute atomic E-state index is 12.1. The van der Waals surface area contributed by atoms with Crippen LogP contribution in [0.2, 0.25) is 0 Å². The number of hydrogen-bond acceptors (Lipinski definition) is 8. The van der Waals surface area contributed by atoms with Crippen LogP contribution in [0.3, 0.4) is 0 Å². The number of aromatic nitrogens is 3. The summed E-state index contributed by atoms with van der Waals surface area (Å²) in [6.45, 7) is 10.7. The van der Waals surface area contributed by atoms with Gasteiger partial charge in [-0.05, 0) is 81.9 Å². The Balaban J connectivity index is 1.55. The molecular formula is C26H36N8O2. The van der Waals surface area contributed by atoms with Gasteiger partial charge in [-0.1, -0.05) is 25.6 Å². The molecule has 2 atom stereocenters. The topological polar surface area (TPSA) is 129 Å². The van der Waals surface area contributed by atoms with E-state index in [2.05, 4.69) is 63.4 Å². The summed E-state index contributed by atoms with van der Waals surface area (Å²) < 4.78 is 0. The molecule has 2 aromatic rings. The van der Waals surface area contributed by atoms with E-state index in [-0.39, 0.29) is 34.9 Å². The first kappa shape index (κ1) is 25.6. The molecule has 2 aliphatic rings. The Morgan fingerprint density at radius 1 is 1.17 bits per heavy atom. The molecule has 4 N–H and O–H groups in total. The zero-order valence-corrected chi connectivity index (χ0v) is 21.3. The highest BCUT2D eigenvalue weighted by molar-refractivity contribution is 5.96. The van der Waals surface area contributed by atoms with Crippen LogP contribution in [0, 0.1) is 0 Å². The van der Waals surface area contributed by atoms with Gasteiger partial charge in [-0.15, -0.1) is 10.2 Å². The zero-order valence-electron chi connectivity index (χ0n) is 21.3. The summed E-state index contributed by atoms with van der Waals surface area (Å²) >= 11 is 0. The molecule has 2 aliphatic heterocycles. The van der Waals surface area contributed by atoms with E-state index in [0.29, 0.717) is 12.5 Å². The second kappa shape index (κ2) is 10.6. The number of hydrogen-bond donors (Lipinski definition) is 3. The summed E-state index contributed by atoms with van der Waals surface area (Å²) in [5, 5.41) is 14.5. The fourth-order valence-electron chi connectivity index (χ4n) is 5.05. The standard InChI is InChI=1S/C26H36N8O2/c1-5-21(35)29-20-7-6-14-34(17(20)2)25-30-24(22(23(27)36)31-32-25)28-19-10-8-18(9-11-19)26(3)12-15-33(4)16-13-26/h5,8-11,17,20H,1,6-7,12-16H2,2-4H3,(H2,27,36)(H,29,35)(H,28,30,32)/t17-,20-/m1/s1. The third-order valence-electron chi connectivity index (χ3n) is 7.60. The maximum Gasteiger partial charge on any atom is 0.273 e. The highest BCUT2D eigenvalue weighted by Gasteiger charge is 2.32. The molecule has 10 nitrogen and oxygen atoms in total. The molecule has 0 aliphatic carbocycles. The van der Waals surface area contributed by atoms with Crippen molar-refractivity contribution in [1.82, 2.24) is 25.4 Å². The first-order chi connectivity index (χ1) is 17.2. The van der Waals surface area contributed by atoms with Crippen molar-refractivity contribution in [2.45, 2.75) is 57.0 Å². The number of carbonyl (C=O) groups excluding carboxylic acids is 2. The van der Waals surface area contributed by atoms with Crippen molar-refractivity contribution < 1.29 is 9.59 Å². The minimum atomic E-state index is -0.706. The van der Waals surface area contributed by atoms with Gasteiger partial charge >= 0.3 is 0 Å². The first-order valence-corrected chi connectivity index (χ1v) is 12.5. The Morgan fingerprint density at radius 3 is 2.50 bits per heavy atom. The molecule has 2 amide bonds. The molecule has 1 aromatic heterocycles. The van der Waals surface area contributed by atoms with Crippen LogP contribution >= 0.6 is 0 Å². The monoisotopic (exact) mass is 492 g/mol. The Hall–Kier alpha value is -3.53. The van der Waals surface area contributed by atoms with Gasteiger partial charge in [0.25, 0.3) is 5.91 Å². The number of amides is 2. The average molecular weight is 493 g/mol. The number of anilines is 3. The molecule has 0 bridgehead atoms. The number of rotatable bonds is 7. The van der Waals surface area contributed by atoms with Crippen molar-refractivity contribution in [2.24, 2.45) is 5.73 Å². The van der Waals surface area contributed by atoms with E-state index >= 15 is 0 Å². The van der Waals surface area contributed by atoms with E-state index in [1.165, 1.54) is 11.6 Å². The number of piperidine rings is 2. The average Bonchev–Trinajstić information content (AvgIpc) is 2.87. The highest BCUT2D eigenvalue weighted by Crippen LogP contribution is 2.35. The van der Waals surface area contributed by atoms with Crippen LogP contribution in [0.25, 0.3) is 0 Å². The van der Waals surface area contributed by atoms with Crippen LogP contribution < -0.4 is 21.3 Å². The molecule has 0 spiro atoms. The fourth-order valence-corrected chi connectivity index (χ4v) is 5.05. The van der Waals surface area contributed by atoms with Crippen LogP contribution in [0.5, 0.6) is 0 Å². The fraction of sp³-hybridized carbons (Fsp3) is 0.500. The summed E-state index contributed by atoms with van der Waals surface area (Å²) in [5.74, 6) is -0.280. The van der Waals surface area contributed by atoms with Crippen LogP contribution in [-0.2, 0) is 10.2 Å². The van der Waals surface area contributed by atoms with Crippen molar-refractivity contribution in [2.75, 3.05) is 36.9 Å². The number of carbonyl (C=O) groups is 2. The van der Waals surface area contributed by atoms with E-state index in [4.69, 9.17) is 5.73 Å². The molecule has 192 valence electrons. The molecule has 2 saturated heterocycles. The first-order valence-electron chi connectivity index (χ1n) is 12.5. The highest BCUT2D eigenvalue weighted by atomic mass is 16.2. The minimum Gasteiger partial charge on any atom is -0.364 e. The molecule has 0 unspecified atom stereocenters. The van der Waals surface area contributed by atoms with Crippen molar-refractivity contribution in [3.05, 3.63) is 48.2 Å². The molecule has 1 aromatic carbocycles. The number of benzene rings is 1.